The highest BCUT2D eigenvalue weighted by atomic mass is 32.2. The van der Waals surface area contributed by atoms with Crippen molar-refractivity contribution in [2.24, 2.45) is 5.41 Å². The molecule has 4 heteroatoms. The quantitative estimate of drug-likeness (QED) is 0.510. The molecule has 0 atom stereocenters. The smallest absolute Gasteiger partial charge is 0.114 e. The van der Waals surface area contributed by atoms with Gasteiger partial charge in [0, 0.05) is 18.1 Å². The Bertz CT molecular complexity index is 321. The molecule has 1 saturated carbocycles. The van der Waals surface area contributed by atoms with E-state index in [2.05, 4.69) is 22.6 Å². The third-order valence-corrected chi connectivity index (χ3v) is 5.50. The average Bonchev–Trinajstić information content (AvgIpc) is 2.64. The van der Waals surface area contributed by atoms with Gasteiger partial charge in [-0.25, -0.2) is 4.98 Å². The predicted octanol–water partition coefficient (Wildman–Crippen LogP) is 3.84. The SMILES string of the molecule is SCC1(CSc2cnccn2)CCCCCC1. The molecule has 0 aromatic carbocycles. The zero-order valence-electron chi connectivity index (χ0n) is 10.1. The minimum atomic E-state index is 0.418. The molecule has 0 saturated heterocycles. The number of thioether (sulfide) groups is 1. The minimum Gasteiger partial charge on any atom is -0.260 e. The van der Waals surface area contributed by atoms with Crippen molar-refractivity contribution in [1.82, 2.24) is 9.97 Å². The molecule has 1 aromatic heterocycles. The van der Waals surface area contributed by atoms with Crippen molar-refractivity contribution >= 4 is 24.4 Å². The maximum Gasteiger partial charge on any atom is 0.114 e. The maximum absolute atomic E-state index is 4.59. The second-order valence-electron chi connectivity index (χ2n) is 4.90. The first-order chi connectivity index (χ1) is 8.35. The van der Waals surface area contributed by atoms with E-state index in [4.69, 9.17) is 0 Å². The Morgan fingerprint density at radius 2 is 1.94 bits per heavy atom. The molecule has 94 valence electrons. The number of thiol groups is 1. The Labute approximate surface area is 113 Å². The zero-order valence-corrected chi connectivity index (χ0v) is 11.8. The molecule has 0 amide bonds. The molecular weight excluding hydrogens is 248 g/mol. The standard InChI is InChI=1S/C13H20N2S2/c16-10-13(5-3-1-2-4-6-13)11-17-12-9-14-7-8-15-12/h7-9,16H,1-6,10-11H2. The van der Waals surface area contributed by atoms with Gasteiger partial charge in [0.05, 0.1) is 6.20 Å². The second-order valence-corrected chi connectivity index (χ2v) is 6.22. The van der Waals surface area contributed by atoms with Crippen LogP contribution in [0, 0.1) is 5.41 Å². The molecule has 1 aliphatic carbocycles. The largest absolute Gasteiger partial charge is 0.260 e. The molecule has 1 aliphatic rings. The van der Waals surface area contributed by atoms with Crippen LogP contribution in [0.5, 0.6) is 0 Å². The topological polar surface area (TPSA) is 25.8 Å². The summed E-state index contributed by atoms with van der Waals surface area (Å²) in [5, 5.41) is 1.04. The number of nitrogens with zero attached hydrogens (tertiary/aromatic N) is 2. The highest BCUT2D eigenvalue weighted by Crippen LogP contribution is 2.39. The van der Waals surface area contributed by atoms with Crippen molar-refractivity contribution in [2.45, 2.75) is 43.6 Å². The van der Waals surface area contributed by atoms with Crippen molar-refractivity contribution in [3.8, 4) is 0 Å². The van der Waals surface area contributed by atoms with Crippen LogP contribution in [0.15, 0.2) is 23.6 Å². The Hall–Kier alpha value is -0.220. The van der Waals surface area contributed by atoms with Crippen LogP contribution in [0.3, 0.4) is 0 Å². The van der Waals surface area contributed by atoms with Crippen LogP contribution in [0.25, 0.3) is 0 Å². The number of hydrogen-bond acceptors (Lipinski definition) is 4. The first kappa shape index (κ1) is 13.2. The number of aromatic nitrogens is 2. The first-order valence-electron chi connectivity index (χ1n) is 6.34. The van der Waals surface area contributed by atoms with Gasteiger partial charge < -0.3 is 0 Å². The van der Waals surface area contributed by atoms with Crippen LogP contribution in [-0.4, -0.2) is 21.5 Å². The van der Waals surface area contributed by atoms with Gasteiger partial charge in [0.1, 0.15) is 5.03 Å². The normalized spacial score (nSPS) is 19.8. The Morgan fingerprint density at radius 1 is 1.18 bits per heavy atom. The van der Waals surface area contributed by atoms with E-state index in [1.807, 2.05) is 18.0 Å². The van der Waals surface area contributed by atoms with Gasteiger partial charge in [0.15, 0.2) is 0 Å². The van der Waals surface area contributed by atoms with E-state index >= 15 is 0 Å². The van der Waals surface area contributed by atoms with Crippen LogP contribution >= 0.6 is 24.4 Å². The highest BCUT2D eigenvalue weighted by molar-refractivity contribution is 7.99. The summed E-state index contributed by atoms with van der Waals surface area (Å²) in [7, 11) is 0. The summed E-state index contributed by atoms with van der Waals surface area (Å²) >= 11 is 6.43. The van der Waals surface area contributed by atoms with Gasteiger partial charge in [0.25, 0.3) is 0 Å². The predicted molar refractivity (Wildman–Crippen MR) is 76.7 cm³/mol. The van der Waals surface area contributed by atoms with Crippen LogP contribution < -0.4 is 0 Å². The summed E-state index contributed by atoms with van der Waals surface area (Å²) in [6.07, 6.45) is 13.5. The fourth-order valence-electron chi connectivity index (χ4n) is 2.41. The van der Waals surface area contributed by atoms with Gasteiger partial charge in [-0.1, -0.05) is 25.7 Å². The second kappa shape index (κ2) is 6.64. The van der Waals surface area contributed by atoms with E-state index in [0.29, 0.717) is 5.41 Å². The van der Waals surface area contributed by atoms with Gasteiger partial charge in [0.2, 0.25) is 0 Å². The summed E-state index contributed by atoms with van der Waals surface area (Å²) < 4.78 is 0. The van der Waals surface area contributed by atoms with E-state index < -0.39 is 0 Å². The Morgan fingerprint density at radius 3 is 2.53 bits per heavy atom. The lowest BCUT2D eigenvalue weighted by atomic mass is 9.84. The van der Waals surface area contributed by atoms with Gasteiger partial charge in [-0.2, -0.15) is 12.6 Å². The fourth-order valence-corrected chi connectivity index (χ4v) is 4.11. The third kappa shape index (κ3) is 3.88. The molecule has 0 spiro atoms. The molecule has 1 fully saturated rings. The van der Waals surface area contributed by atoms with Gasteiger partial charge >= 0.3 is 0 Å². The maximum atomic E-state index is 4.59. The van der Waals surface area contributed by atoms with Gasteiger partial charge in [-0.05, 0) is 24.0 Å². The molecule has 2 rings (SSSR count). The zero-order chi connectivity index (χ0) is 12.0. The summed E-state index contributed by atoms with van der Waals surface area (Å²) in [6.45, 7) is 0. The summed E-state index contributed by atoms with van der Waals surface area (Å²) in [5.74, 6) is 2.13. The summed E-state index contributed by atoms with van der Waals surface area (Å²) in [4.78, 5) is 8.44. The van der Waals surface area contributed by atoms with E-state index in [0.717, 1.165) is 16.5 Å². The van der Waals surface area contributed by atoms with Crippen LogP contribution in [0.1, 0.15) is 38.5 Å². The minimum absolute atomic E-state index is 0.418. The molecule has 0 unspecified atom stereocenters. The molecule has 1 heterocycles. The molecule has 17 heavy (non-hydrogen) atoms. The first-order valence-corrected chi connectivity index (χ1v) is 7.96. The lowest BCUT2D eigenvalue weighted by Crippen LogP contribution is -2.25. The summed E-state index contributed by atoms with van der Waals surface area (Å²) in [5.41, 5.74) is 0.418. The Balaban J connectivity index is 1.94. The molecule has 2 nitrogen and oxygen atoms in total. The van der Waals surface area contributed by atoms with Gasteiger partial charge in [-0.15, -0.1) is 11.8 Å². The van der Waals surface area contributed by atoms with Crippen molar-refractivity contribution < 1.29 is 0 Å². The Kier molecular flexibility index (Phi) is 5.16. The monoisotopic (exact) mass is 268 g/mol. The highest BCUT2D eigenvalue weighted by Gasteiger charge is 2.29. The fraction of sp³-hybridized carbons (Fsp3) is 0.692. The average molecular weight is 268 g/mol. The number of rotatable bonds is 4. The van der Waals surface area contributed by atoms with E-state index in [9.17, 15) is 0 Å². The van der Waals surface area contributed by atoms with Gasteiger partial charge in [-0.3, -0.25) is 4.98 Å². The molecular formula is C13H20N2S2. The van der Waals surface area contributed by atoms with E-state index in [-0.39, 0.29) is 0 Å². The van der Waals surface area contributed by atoms with Crippen molar-refractivity contribution in [2.75, 3.05) is 11.5 Å². The van der Waals surface area contributed by atoms with Crippen molar-refractivity contribution in [1.29, 1.82) is 0 Å². The molecule has 1 aromatic rings. The molecule has 0 aliphatic heterocycles. The van der Waals surface area contributed by atoms with Crippen molar-refractivity contribution in [3.63, 3.8) is 0 Å². The van der Waals surface area contributed by atoms with Crippen LogP contribution in [-0.2, 0) is 0 Å². The summed E-state index contributed by atoms with van der Waals surface area (Å²) in [6, 6.07) is 0. The van der Waals surface area contributed by atoms with E-state index in [1.165, 1.54) is 38.5 Å². The lowest BCUT2D eigenvalue weighted by molar-refractivity contribution is 0.332. The van der Waals surface area contributed by atoms with Crippen LogP contribution in [0.4, 0.5) is 0 Å². The lowest BCUT2D eigenvalue weighted by Gasteiger charge is -2.30. The molecule has 0 radical (unpaired) electrons. The number of hydrogen-bond donors (Lipinski definition) is 1. The molecule has 0 bridgehead atoms. The molecule has 0 N–H and O–H groups in total. The van der Waals surface area contributed by atoms with Crippen LogP contribution in [0.2, 0.25) is 0 Å². The van der Waals surface area contributed by atoms with E-state index in [1.54, 1.807) is 12.4 Å². The van der Waals surface area contributed by atoms with Crippen molar-refractivity contribution in [3.05, 3.63) is 18.6 Å². The third-order valence-electron chi connectivity index (χ3n) is 3.57.